The zero-order valence-electron chi connectivity index (χ0n) is 26.0. The fourth-order valence-electron chi connectivity index (χ4n) is 6.97. The first-order valence-corrected chi connectivity index (χ1v) is 15.4. The van der Waals surface area contributed by atoms with Gasteiger partial charge in [0.25, 0.3) is 0 Å². The van der Waals surface area contributed by atoms with Gasteiger partial charge in [-0.1, -0.05) is 48.5 Å². The van der Waals surface area contributed by atoms with Crippen LogP contribution in [0.1, 0.15) is 33.4 Å². The second kappa shape index (κ2) is 11.3. The van der Waals surface area contributed by atoms with Gasteiger partial charge in [-0.15, -0.1) is 0 Å². The van der Waals surface area contributed by atoms with E-state index in [9.17, 15) is 31.6 Å². The molecule has 0 radical (unpaired) electrons. The monoisotopic (exact) mass is 634 g/mol. The van der Waals surface area contributed by atoms with Crippen LogP contribution in [-0.4, -0.2) is 9.13 Å². The maximum absolute atomic E-state index is 9.80. The van der Waals surface area contributed by atoms with Gasteiger partial charge in [-0.05, 0) is 71.8 Å². The predicted molar refractivity (Wildman–Crippen MR) is 189 cm³/mol. The van der Waals surface area contributed by atoms with E-state index in [-0.39, 0.29) is 33.4 Å². The molecule has 50 heavy (non-hydrogen) atoms. The summed E-state index contributed by atoms with van der Waals surface area (Å²) in [7, 11) is 0. The third-order valence-electron chi connectivity index (χ3n) is 9.15. The van der Waals surface area contributed by atoms with Crippen molar-refractivity contribution >= 4 is 43.6 Å². The molecule has 0 bridgehead atoms. The summed E-state index contributed by atoms with van der Waals surface area (Å²) in [6.45, 7) is 0. The van der Waals surface area contributed by atoms with Gasteiger partial charge in [-0.3, -0.25) is 0 Å². The lowest BCUT2D eigenvalue weighted by Crippen LogP contribution is -1.99. The Balaban J connectivity index is 1.34. The van der Waals surface area contributed by atoms with E-state index in [1.165, 1.54) is 0 Å². The molecule has 8 nitrogen and oxygen atoms in total. The molecule has 0 aliphatic carbocycles. The molecule has 0 N–H and O–H groups in total. The van der Waals surface area contributed by atoms with Crippen LogP contribution in [0.5, 0.6) is 0 Å². The molecular weight excluding hydrogens is 617 g/mol. The van der Waals surface area contributed by atoms with Gasteiger partial charge in [0, 0.05) is 32.9 Å². The molecule has 0 spiro atoms. The van der Waals surface area contributed by atoms with Crippen molar-refractivity contribution in [2.24, 2.45) is 0 Å². The van der Waals surface area contributed by atoms with E-state index in [0.29, 0.717) is 11.4 Å². The van der Waals surface area contributed by atoms with Crippen molar-refractivity contribution in [3.63, 3.8) is 0 Å². The molecule has 2 heterocycles. The number of para-hydroxylation sites is 2. The van der Waals surface area contributed by atoms with Gasteiger partial charge >= 0.3 is 0 Å². The van der Waals surface area contributed by atoms with Crippen LogP contribution in [0.15, 0.2) is 109 Å². The highest BCUT2D eigenvalue weighted by atomic mass is 15.0. The van der Waals surface area contributed by atoms with Crippen LogP contribution in [-0.2, 0) is 0 Å². The third kappa shape index (κ3) is 4.19. The van der Waals surface area contributed by atoms with Crippen LogP contribution in [0.4, 0.5) is 0 Å². The lowest BCUT2D eigenvalue weighted by molar-refractivity contribution is 1.17. The lowest BCUT2D eigenvalue weighted by Gasteiger charge is -2.11. The molecule has 0 unspecified atom stereocenters. The SMILES string of the molecule is N#Cc1cc(-n2c3ccccc3c3cc(-c4ccc5c(c4)c4ccccc4n5-c4cc(C#N)c(C#N)c(C#N)c4)ccc32)cc(C#N)c1C#N. The van der Waals surface area contributed by atoms with E-state index in [4.69, 9.17) is 0 Å². The summed E-state index contributed by atoms with van der Waals surface area (Å²) in [4.78, 5) is 0. The molecule has 226 valence electrons. The zero-order chi connectivity index (χ0) is 34.5. The lowest BCUT2D eigenvalue weighted by atomic mass is 10.0. The number of fused-ring (bicyclic) bond motifs is 6. The van der Waals surface area contributed by atoms with Gasteiger partial charge in [0.1, 0.15) is 36.4 Å². The Morgan fingerprint density at radius 1 is 0.340 bits per heavy atom. The summed E-state index contributed by atoms with van der Waals surface area (Å²) in [5.41, 5.74) is 7.45. The third-order valence-corrected chi connectivity index (χ3v) is 9.15. The smallest absolute Gasteiger partial charge is 0.102 e. The van der Waals surface area contributed by atoms with Crippen molar-refractivity contribution in [2.75, 3.05) is 0 Å². The summed E-state index contributed by atoms with van der Waals surface area (Å²) in [5, 5.41) is 62.4. The van der Waals surface area contributed by atoms with Crippen molar-refractivity contribution in [3.8, 4) is 58.9 Å². The highest BCUT2D eigenvalue weighted by Crippen LogP contribution is 2.39. The second-order valence-corrected chi connectivity index (χ2v) is 11.7. The molecule has 8 aromatic rings. The Labute approximate surface area is 285 Å². The van der Waals surface area contributed by atoms with E-state index < -0.39 is 0 Å². The second-order valence-electron chi connectivity index (χ2n) is 11.7. The Kier molecular flexibility index (Phi) is 6.60. The predicted octanol–water partition coefficient (Wildman–Crippen LogP) is 8.78. The number of nitrogens with zero attached hydrogens (tertiary/aromatic N) is 8. The fraction of sp³-hybridized carbons (Fsp3) is 0. The number of rotatable bonds is 3. The van der Waals surface area contributed by atoms with Crippen LogP contribution < -0.4 is 0 Å². The number of nitriles is 6. The maximum Gasteiger partial charge on any atom is 0.102 e. The topological polar surface area (TPSA) is 153 Å². The molecule has 0 fully saturated rings. The molecule has 0 saturated heterocycles. The maximum atomic E-state index is 9.80. The van der Waals surface area contributed by atoms with E-state index in [2.05, 4.69) is 36.4 Å². The first-order valence-electron chi connectivity index (χ1n) is 15.4. The van der Waals surface area contributed by atoms with Crippen molar-refractivity contribution in [2.45, 2.75) is 0 Å². The molecule has 0 aliphatic rings. The van der Waals surface area contributed by atoms with Crippen LogP contribution in [0, 0.1) is 68.0 Å². The van der Waals surface area contributed by atoms with Crippen LogP contribution in [0.25, 0.3) is 66.1 Å². The molecule has 6 aromatic carbocycles. The first-order chi connectivity index (χ1) is 24.5. The average molecular weight is 635 g/mol. The Hall–Kier alpha value is -8.14. The summed E-state index contributed by atoms with van der Waals surface area (Å²) >= 11 is 0. The molecular formula is C42H18N8. The summed E-state index contributed by atoms with van der Waals surface area (Å²) in [6, 6.07) is 47.2. The highest BCUT2D eigenvalue weighted by Gasteiger charge is 2.19. The van der Waals surface area contributed by atoms with Crippen molar-refractivity contribution in [3.05, 3.63) is 143 Å². The standard InChI is InChI=1S/C42H18N8/c43-19-27-13-31(14-28(20-44)37(27)23-47)49-39-7-3-1-5-33(39)35-17-25(9-11-41(35)49)26-10-12-42-36(18-26)34-6-2-4-8-40(34)50(42)32-15-29(21-45)38(24-48)30(16-32)22-46/h1-18H. The van der Waals surface area contributed by atoms with Crippen molar-refractivity contribution in [1.29, 1.82) is 31.6 Å². The largest absolute Gasteiger partial charge is 0.309 e. The van der Waals surface area contributed by atoms with E-state index in [1.807, 2.05) is 94.1 Å². The first kappa shape index (κ1) is 29.3. The summed E-state index contributed by atoms with van der Waals surface area (Å²) < 4.78 is 4.02. The molecule has 8 rings (SSSR count). The Morgan fingerprint density at radius 2 is 0.680 bits per heavy atom. The van der Waals surface area contributed by atoms with Crippen LogP contribution in [0.3, 0.4) is 0 Å². The van der Waals surface area contributed by atoms with Gasteiger partial charge in [0.2, 0.25) is 0 Å². The van der Waals surface area contributed by atoms with Gasteiger partial charge < -0.3 is 9.13 Å². The van der Waals surface area contributed by atoms with Gasteiger partial charge in [-0.25, -0.2) is 0 Å². The minimum Gasteiger partial charge on any atom is -0.309 e. The fourth-order valence-corrected chi connectivity index (χ4v) is 6.97. The minimum atomic E-state index is 0.0637. The number of hydrogen-bond acceptors (Lipinski definition) is 6. The average Bonchev–Trinajstić information content (AvgIpc) is 3.68. The zero-order valence-corrected chi connectivity index (χ0v) is 26.0. The number of aromatic nitrogens is 2. The molecule has 2 aromatic heterocycles. The minimum absolute atomic E-state index is 0.0637. The number of benzene rings is 6. The van der Waals surface area contributed by atoms with E-state index in [0.717, 1.165) is 54.7 Å². The Morgan fingerprint density at radius 3 is 1.02 bits per heavy atom. The Bertz CT molecular complexity index is 2780. The van der Waals surface area contributed by atoms with Crippen molar-refractivity contribution < 1.29 is 0 Å². The normalized spacial score (nSPS) is 10.7. The molecule has 8 heteroatoms. The summed E-state index contributed by atoms with van der Waals surface area (Å²) in [6.07, 6.45) is 0. The van der Waals surface area contributed by atoms with E-state index >= 15 is 0 Å². The quantitative estimate of drug-likeness (QED) is 0.189. The number of hydrogen-bond donors (Lipinski definition) is 0. The molecule has 0 saturated carbocycles. The van der Waals surface area contributed by atoms with Crippen LogP contribution in [0.2, 0.25) is 0 Å². The molecule has 0 aliphatic heterocycles. The van der Waals surface area contributed by atoms with Gasteiger partial charge in [-0.2, -0.15) is 31.6 Å². The van der Waals surface area contributed by atoms with Crippen molar-refractivity contribution in [1.82, 2.24) is 9.13 Å². The van der Waals surface area contributed by atoms with E-state index in [1.54, 1.807) is 24.3 Å². The summed E-state index contributed by atoms with van der Waals surface area (Å²) in [5.74, 6) is 0. The van der Waals surface area contributed by atoms with Gasteiger partial charge in [0.05, 0.1) is 55.4 Å². The molecule has 0 amide bonds. The molecule has 0 atom stereocenters. The van der Waals surface area contributed by atoms with Gasteiger partial charge in [0.15, 0.2) is 0 Å². The highest BCUT2D eigenvalue weighted by molar-refractivity contribution is 6.12. The van der Waals surface area contributed by atoms with Crippen LogP contribution >= 0.6 is 0 Å².